The molecular formula is C22H24FN3O5. The van der Waals surface area contributed by atoms with Crippen LogP contribution < -0.4 is 0 Å². The summed E-state index contributed by atoms with van der Waals surface area (Å²) in [4.78, 5) is 27.2. The number of carbonyl (C=O) groups is 1. The molecule has 0 saturated heterocycles. The van der Waals surface area contributed by atoms with E-state index in [2.05, 4.69) is 15.5 Å². The topological polar surface area (TPSA) is 91.1 Å². The molecule has 0 spiro atoms. The Morgan fingerprint density at radius 3 is 2.26 bits per heavy atom. The third-order valence-corrected chi connectivity index (χ3v) is 4.22. The van der Waals surface area contributed by atoms with Gasteiger partial charge in [0, 0.05) is 16.7 Å². The minimum atomic E-state index is -0.643. The van der Waals surface area contributed by atoms with Gasteiger partial charge in [0.25, 0.3) is 0 Å². The maximum atomic E-state index is 13.5. The van der Waals surface area contributed by atoms with Crippen molar-refractivity contribution in [2.45, 2.75) is 20.5 Å². The summed E-state index contributed by atoms with van der Waals surface area (Å²) in [6.07, 6.45) is 0. The first-order chi connectivity index (χ1) is 14.9. The van der Waals surface area contributed by atoms with Crippen LogP contribution in [0, 0.1) is 12.7 Å². The first-order valence-electron chi connectivity index (χ1n) is 9.25. The first-order valence-corrected chi connectivity index (χ1v) is 9.25. The first kappa shape index (κ1) is 23.5. The largest absolute Gasteiger partial charge is 0.464 e. The van der Waals surface area contributed by atoms with E-state index in [-0.39, 0.29) is 18.1 Å². The molecule has 31 heavy (non-hydrogen) atoms. The summed E-state index contributed by atoms with van der Waals surface area (Å²) in [7, 11) is 4.00. The molecule has 0 bridgehead atoms. The van der Waals surface area contributed by atoms with E-state index in [0.717, 1.165) is 0 Å². The van der Waals surface area contributed by atoms with Gasteiger partial charge in [-0.1, -0.05) is 39.7 Å². The molecule has 0 unspecified atom stereocenters. The molecule has 0 aliphatic heterocycles. The molecule has 8 nitrogen and oxygen atoms in total. The van der Waals surface area contributed by atoms with Crippen LogP contribution >= 0.6 is 0 Å². The maximum absolute atomic E-state index is 13.5. The summed E-state index contributed by atoms with van der Waals surface area (Å²) in [6, 6.07) is 11.3. The van der Waals surface area contributed by atoms with Gasteiger partial charge in [-0.05, 0) is 37.6 Å². The average Bonchev–Trinajstić information content (AvgIpc) is 2.76. The highest BCUT2D eigenvalue weighted by atomic mass is 19.1. The van der Waals surface area contributed by atoms with Crippen LogP contribution in [0.15, 0.2) is 57.9 Å². The van der Waals surface area contributed by atoms with Gasteiger partial charge < -0.3 is 19.2 Å². The zero-order valence-electron chi connectivity index (χ0n) is 18.0. The number of benzene rings is 2. The van der Waals surface area contributed by atoms with Crippen LogP contribution in [0.4, 0.5) is 4.39 Å². The summed E-state index contributed by atoms with van der Waals surface area (Å²) in [5, 5.41) is 11.9. The summed E-state index contributed by atoms with van der Waals surface area (Å²) in [5.41, 5.74) is 3.31. The second kappa shape index (κ2) is 11.4. The molecule has 0 aromatic heterocycles. The van der Waals surface area contributed by atoms with Crippen LogP contribution in [0.2, 0.25) is 0 Å². The average molecular weight is 429 g/mol. The van der Waals surface area contributed by atoms with E-state index in [1.807, 2.05) is 0 Å². The molecule has 0 N–H and O–H groups in total. The third kappa shape index (κ3) is 6.11. The van der Waals surface area contributed by atoms with E-state index in [9.17, 15) is 9.18 Å². The summed E-state index contributed by atoms with van der Waals surface area (Å²) in [6.45, 7) is 3.49. The minimum Gasteiger partial charge on any atom is -0.464 e. The Morgan fingerprint density at radius 2 is 1.61 bits per heavy atom. The van der Waals surface area contributed by atoms with Gasteiger partial charge in [-0.3, -0.25) is 0 Å². The molecule has 0 heterocycles. The number of nitrogens with zero attached hydrogens (tertiary/aromatic N) is 3. The third-order valence-electron chi connectivity index (χ3n) is 4.22. The fraction of sp³-hybridized carbons (Fsp3) is 0.273. The molecule has 0 amide bonds. The Kier molecular flexibility index (Phi) is 8.68. The van der Waals surface area contributed by atoms with Crippen LogP contribution in [-0.2, 0) is 30.7 Å². The molecule has 0 fully saturated rings. The number of carbonyl (C=O) groups excluding carboxylic acids is 1. The summed E-state index contributed by atoms with van der Waals surface area (Å²) < 4.78 is 18.2. The van der Waals surface area contributed by atoms with Gasteiger partial charge in [-0.2, -0.15) is 0 Å². The quantitative estimate of drug-likeness (QED) is 0.345. The number of rotatable bonds is 9. The van der Waals surface area contributed by atoms with E-state index < -0.39 is 5.97 Å². The Balaban J connectivity index is 2.28. The summed E-state index contributed by atoms with van der Waals surface area (Å²) >= 11 is 0. The van der Waals surface area contributed by atoms with Gasteiger partial charge >= 0.3 is 5.97 Å². The lowest BCUT2D eigenvalue weighted by Crippen LogP contribution is -2.19. The van der Waals surface area contributed by atoms with Crippen LogP contribution in [0.1, 0.15) is 29.2 Å². The smallest absolute Gasteiger partial charge is 0.360 e. The molecule has 9 heteroatoms. The zero-order chi connectivity index (χ0) is 22.8. The van der Waals surface area contributed by atoms with E-state index in [1.54, 1.807) is 44.2 Å². The molecule has 164 valence electrons. The molecule has 2 aromatic carbocycles. The van der Waals surface area contributed by atoms with Crippen LogP contribution in [0.3, 0.4) is 0 Å². The SMILES string of the molecule is CON=C(C(C)=NOCc1ccccc1C(=NOC)C(=O)OC)c1ccc(F)cc1C. The molecule has 0 saturated carbocycles. The predicted octanol–water partition coefficient (Wildman–Crippen LogP) is 3.60. The van der Waals surface area contributed by atoms with Crippen molar-refractivity contribution < 1.29 is 28.4 Å². The maximum Gasteiger partial charge on any atom is 0.360 e. The monoisotopic (exact) mass is 429 g/mol. The molecule has 0 radical (unpaired) electrons. The number of halogens is 1. The van der Waals surface area contributed by atoms with Gasteiger partial charge in [0.15, 0.2) is 5.71 Å². The highest BCUT2D eigenvalue weighted by Gasteiger charge is 2.19. The van der Waals surface area contributed by atoms with E-state index in [1.165, 1.54) is 33.5 Å². The van der Waals surface area contributed by atoms with Gasteiger partial charge in [0.05, 0.1) is 7.11 Å². The number of hydrogen-bond acceptors (Lipinski definition) is 8. The lowest BCUT2D eigenvalue weighted by Gasteiger charge is -2.11. The Bertz CT molecular complexity index is 1020. The fourth-order valence-corrected chi connectivity index (χ4v) is 2.80. The summed E-state index contributed by atoms with van der Waals surface area (Å²) in [5.74, 6) is -0.991. The van der Waals surface area contributed by atoms with Gasteiger partial charge in [0.1, 0.15) is 38.1 Å². The number of ether oxygens (including phenoxy) is 1. The second-order valence-electron chi connectivity index (χ2n) is 6.30. The van der Waals surface area contributed by atoms with Gasteiger partial charge in [-0.25, -0.2) is 9.18 Å². The van der Waals surface area contributed by atoms with E-state index in [4.69, 9.17) is 19.2 Å². The lowest BCUT2D eigenvalue weighted by atomic mass is 10.0. The number of methoxy groups -OCH3 is 1. The molecule has 2 rings (SSSR count). The Labute approximate surface area is 179 Å². The number of hydrogen-bond donors (Lipinski definition) is 0. The van der Waals surface area contributed by atoms with Crippen molar-refractivity contribution in [1.29, 1.82) is 0 Å². The standard InChI is InChI=1S/C22H24FN3O5/c1-14-12-17(23)10-11-18(14)20(25-29-4)15(2)24-31-13-16-8-6-7-9-19(16)21(26-30-5)22(27)28-3/h6-12H,13H2,1-5H3. The normalized spacial score (nSPS) is 12.4. The van der Waals surface area contributed by atoms with Crippen molar-refractivity contribution >= 4 is 23.1 Å². The number of esters is 1. The van der Waals surface area contributed by atoms with E-state index in [0.29, 0.717) is 33.7 Å². The van der Waals surface area contributed by atoms with Crippen LogP contribution in [0.5, 0.6) is 0 Å². The lowest BCUT2D eigenvalue weighted by molar-refractivity contribution is -0.132. The van der Waals surface area contributed by atoms with Crippen LogP contribution in [-0.4, -0.2) is 44.4 Å². The Morgan fingerprint density at radius 1 is 0.935 bits per heavy atom. The van der Waals surface area contributed by atoms with Gasteiger partial charge in [0.2, 0.25) is 0 Å². The molecule has 0 aliphatic carbocycles. The van der Waals surface area contributed by atoms with Crippen molar-refractivity contribution in [3.05, 3.63) is 70.5 Å². The van der Waals surface area contributed by atoms with Crippen molar-refractivity contribution in [1.82, 2.24) is 0 Å². The van der Waals surface area contributed by atoms with Crippen molar-refractivity contribution in [2.24, 2.45) is 15.5 Å². The highest BCUT2D eigenvalue weighted by molar-refractivity contribution is 6.47. The number of oxime groups is 3. The second-order valence-corrected chi connectivity index (χ2v) is 6.30. The molecule has 2 aromatic rings. The Hall–Kier alpha value is -3.75. The minimum absolute atomic E-state index is 0.00785. The van der Waals surface area contributed by atoms with Crippen molar-refractivity contribution in [3.8, 4) is 0 Å². The molecular weight excluding hydrogens is 405 g/mol. The molecule has 0 aliphatic rings. The predicted molar refractivity (Wildman–Crippen MR) is 115 cm³/mol. The molecule has 0 atom stereocenters. The highest BCUT2D eigenvalue weighted by Crippen LogP contribution is 2.15. The number of aryl methyl sites for hydroxylation is 1. The van der Waals surface area contributed by atoms with E-state index >= 15 is 0 Å². The van der Waals surface area contributed by atoms with Crippen molar-refractivity contribution in [3.63, 3.8) is 0 Å². The van der Waals surface area contributed by atoms with Crippen LogP contribution in [0.25, 0.3) is 0 Å². The van der Waals surface area contributed by atoms with Crippen molar-refractivity contribution in [2.75, 3.05) is 21.3 Å². The fourth-order valence-electron chi connectivity index (χ4n) is 2.80. The van der Waals surface area contributed by atoms with Gasteiger partial charge in [-0.15, -0.1) is 0 Å². The zero-order valence-corrected chi connectivity index (χ0v) is 18.0.